The summed E-state index contributed by atoms with van der Waals surface area (Å²) in [6.45, 7) is 0. The number of para-hydroxylation sites is 2. The summed E-state index contributed by atoms with van der Waals surface area (Å²) >= 11 is 0. The Balaban J connectivity index is 1.53. The Kier molecular flexibility index (Phi) is 4.73. The van der Waals surface area contributed by atoms with Crippen LogP contribution in [0.2, 0.25) is 0 Å². The summed E-state index contributed by atoms with van der Waals surface area (Å²) in [4.78, 5) is 13.7. The van der Waals surface area contributed by atoms with Gasteiger partial charge in [-0.05, 0) is 48.5 Å². The second kappa shape index (κ2) is 7.36. The quantitative estimate of drug-likeness (QED) is 0.446. The van der Waals surface area contributed by atoms with Crippen LogP contribution in [-0.4, -0.2) is 20.5 Å². The van der Waals surface area contributed by atoms with Crippen LogP contribution in [0.5, 0.6) is 5.75 Å². The van der Waals surface area contributed by atoms with Crippen LogP contribution in [0.4, 0.5) is 17.1 Å². The molecule has 0 amide bonds. The fourth-order valence-corrected chi connectivity index (χ4v) is 3.91. The molecule has 0 unspecified atom stereocenters. The molecule has 0 spiro atoms. The molecule has 29 heavy (non-hydrogen) atoms. The molecule has 0 aliphatic carbocycles. The Bertz CT molecular complexity index is 1320. The lowest BCUT2D eigenvalue weighted by Gasteiger charge is -2.12. The summed E-state index contributed by atoms with van der Waals surface area (Å²) in [6.07, 6.45) is 0. The number of rotatable bonds is 6. The van der Waals surface area contributed by atoms with Crippen LogP contribution in [0.1, 0.15) is 0 Å². The molecule has 148 valence electrons. The molecular weight excluding hydrogens is 394 g/mol. The molecule has 4 aromatic rings. The largest absolute Gasteiger partial charge is 0.495 e. The minimum atomic E-state index is -3.84. The van der Waals surface area contributed by atoms with E-state index in [9.17, 15) is 13.2 Å². The number of ether oxygens (including phenoxy) is 1. The molecule has 8 nitrogen and oxygen atoms in total. The van der Waals surface area contributed by atoms with Gasteiger partial charge in [-0.25, -0.2) is 13.2 Å². The normalized spacial score (nSPS) is 11.3. The summed E-state index contributed by atoms with van der Waals surface area (Å²) in [5.74, 6) is 0.0599. The summed E-state index contributed by atoms with van der Waals surface area (Å²) in [5, 5.41) is 3.22. The lowest BCUT2D eigenvalue weighted by Crippen LogP contribution is -2.12. The minimum absolute atomic E-state index is 0.0102. The van der Waals surface area contributed by atoms with Crippen LogP contribution in [0, 0.1) is 0 Å². The molecule has 0 saturated carbocycles. The van der Waals surface area contributed by atoms with Gasteiger partial charge in [-0.15, -0.1) is 0 Å². The van der Waals surface area contributed by atoms with Crippen molar-refractivity contribution in [2.24, 2.45) is 0 Å². The predicted octanol–water partition coefficient (Wildman–Crippen LogP) is 3.67. The molecule has 4 rings (SSSR count). The van der Waals surface area contributed by atoms with Gasteiger partial charge in [-0.1, -0.05) is 12.1 Å². The van der Waals surface area contributed by atoms with Crippen molar-refractivity contribution in [1.82, 2.24) is 4.98 Å². The molecule has 9 heteroatoms. The molecule has 0 aliphatic rings. The Labute approximate surface area is 166 Å². The van der Waals surface area contributed by atoms with Gasteiger partial charge in [-0.3, -0.25) is 9.71 Å². The smallest absolute Gasteiger partial charge is 0.417 e. The maximum absolute atomic E-state index is 12.6. The third-order valence-corrected chi connectivity index (χ3v) is 5.60. The fourth-order valence-electron chi connectivity index (χ4n) is 2.83. The van der Waals surface area contributed by atoms with E-state index in [1.54, 1.807) is 31.4 Å². The standard InChI is InChI=1S/C20H17N3O5S/c1-27-18-5-3-2-4-16(18)21-13-6-8-14(9-7-13)23-29(25,26)15-10-11-17-19(12-15)28-20(24)22-17/h2-12,21,23H,1H3,(H,22,24). The molecule has 0 bridgehead atoms. The van der Waals surface area contributed by atoms with E-state index in [4.69, 9.17) is 9.15 Å². The maximum Gasteiger partial charge on any atom is 0.417 e. The van der Waals surface area contributed by atoms with E-state index in [1.165, 1.54) is 18.2 Å². The van der Waals surface area contributed by atoms with Crippen molar-refractivity contribution >= 4 is 38.2 Å². The highest BCUT2D eigenvalue weighted by Gasteiger charge is 2.16. The van der Waals surface area contributed by atoms with Crippen molar-refractivity contribution in [3.8, 4) is 5.75 Å². The Morgan fingerprint density at radius 3 is 2.45 bits per heavy atom. The van der Waals surface area contributed by atoms with E-state index < -0.39 is 15.8 Å². The first-order chi connectivity index (χ1) is 13.9. The lowest BCUT2D eigenvalue weighted by molar-refractivity contribution is 0.417. The van der Waals surface area contributed by atoms with Gasteiger partial charge < -0.3 is 14.5 Å². The monoisotopic (exact) mass is 411 g/mol. The summed E-state index contributed by atoms with van der Waals surface area (Å²) < 4.78 is 38.0. The number of nitrogens with one attached hydrogen (secondary N) is 3. The number of sulfonamides is 1. The molecule has 0 radical (unpaired) electrons. The first-order valence-electron chi connectivity index (χ1n) is 8.60. The van der Waals surface area contributed by atoms with Gasteiger partial charge in [0, 0.05) is 17.4 Å². The van der Waals surface area contributed by atoms with E-state index in [0.717, 1.165) is 11.4 Å². The summed E-state index contributed by atoms with van der Waals surface area (Å²) in [5.41, 5.74) is 2.57. The van der Waals surface area contributed by atoms with E-state index in [1.807, 2.05) is 24.3 Å². The van der Waals surface area contributed by atoms with Crippen LogP contribution in [0.25, 0.3) is 11.1 Å². The minimum Gasteiger partial charge on any atom is -0.495 e. The van der Waals surface area contributed by atoms with Gasteiger partial charge in [0.25, 0.3) is 10.0 Å². The number of oxazole rings is 1. The molecular formula is C20H17N3O5S. The number of aromatic amines is 1. The van der Waals surface area contributed by atoms with Crippen molar-refractivity contribution in [3.05, 3.63) is 77.3 Å². The molecule has 3 aromatic carbocycles. The molecule has 0 aliphatic heterocycles. The molecule has 0 atom stereocenters. The van der Waals surface area contributed by atoms with E-state index >= 15 is 0 Å². The van der Waals surface area contributed by atoms with Crippen LogP contribution in [0.15, 0.2) is 80.8 Å². The fraction of sp³-hybridized carbons (Fsp3) is 0.0500. The molecule has 1 aromatic heterocycles. The highest BCUT2D eigenvalue weighted by atomic mass is 32.2. The number of hydrogen-bond donors (Lipinski definition) is 3. The average molecular weight is 411 g/mol. The molecule has 0 saturated heterocycles. The number of benzene rings is 3. The number of hydrogen-bond acceptors (Lipinski definition) is 6. The third-order valence-electron chi connectivity index (χ3n) is 4.23. The van der Waals surface area contributed by atoms with Gasteiger partial charge in [0.2, 0.25) is 0 Å². The number of H-pyrrole nitrogens is 1. The van der Waals surface area contributed by atoms with Crippen molar-refractivity contribution in [3.63, 3.8) is 0 Å². The molecule has 0 fully saturated rings. The molecule has 1 heterocycles. The predicted molar refractivity (Wildman–Crippen MR) is 110 cm³/mol. The average Bonchev–Trinajstić information content (AvgIpc) is 3.09. The van der Waals surface area contributed by atoms with Gasteiger partial charge >= 0.3 is 5.76 Å². The van der Waals surface area contributed by atoms with Crippen molar-refractivity contribution in [2.45, 2.75) is 4.90 Å². The first-order valence-corrected chi connectivity index (χ1v) is 10.1. The summed E-state index contributed by atoms with van der Waals surface area (Å²) in [7, 11) is -2.25. The van der Waals surface area contributed by atoms with Crippen molar-refractivity contribution in [1.29, 1.82) is 0 Å². The van der Waals surface area contributed by atoms with Gasteiger partial charge in [0.15, 0.2) is 5.58 Å². The summed E-state index contributed by atoms with van der Waals surface area (Å²) in [6, 6.07) is 18.4. The first kappa shape index (κ1) is 18.6. The second-order valence-corrected chi connectivity index (χ2v) is 7.86. The van der Waals surface area contributed by atoms with E-state index in [2.05, 4.69) is 15.0 Å². The maximum atomic E-state index is 12.6. The second-order valence-electron chi connectivity index (χ2n) is 6.18. The SMILES string of the molecule is COc1ccccc1Nc1ccc(NS(=O)(=O)c2ccc3[nH]c(=O)oc3c2)cc1. The van der Waals surface area contributed by atoms with Crippen LogP contribution < -0.4 is 20.5 Å². The zero-order chi connectivity index (χ0) is 20.4. The number of fused-ring (bicyclic) bond motifs is 1. The van der Waals surface area contributed by atoms with Gasteiger partial charge in [-0.2, -0.15) is 0 Å². The Morgan fingerprint density at radius 2 is 1.69 bits per heavy atom. The van der Waals surface area contributed by atoms with Crippen LogP contribution in [0.3, 0.4) is 0 Å². The van der Waals surface area contributed by atoms with Crippen LogP contribution >= 0.6 is 0 Å². The number of anilines is 3. The van der Waals surface area contributed by atoms with Crippen LogP contribution in [-0.2, 0) is 10.0 Å². The topological polar surface area (TPSA) is 113 Å². The number of methoxy groups -OCH3 is 1. The van der Waals surface area contributed by atoms with Crippen molar-refractivity contribution in [2.75, 3.05) is 17.1 Å². The Morgan fingerprint density at radius 1 is 0.966 bits per heavy atom. The van der Waals surface area contributed by atoms with Crippen molar-refractivity contribution < 1.29 is 17.6 Å². The van der Waals surface area contributed by atoms with E-state index in [0.29, 0.717) is 17.0 Å². The Hall–Kier alpha value is -3.72. The lowest BCUT2D eigenvalue weighted by atomic mass is 10.2. The highest BCUT2D eigenvalue weighted by molar-refractivity contribution is 7.92. The van der Waals surface area contributed by atoms with E-state index in [-0.39, 0.29) is 10.5 Å². The van der Waals surface area contributed by atoms with Gasteiger partial charge in [0.1, 0.15) is 5.75 Å². The molecule has 3 N–H and O–H groups in total. The highest BCUT2D eigenvalue weighted by Crippen LogP contribution is 2.28. The number of aromatic nitrogens is 1. The third kappa shape index (κ3) is 3.94. The zero-order valence-electron chi connectivity index (χ0n) is 15.3. The zero-order valence-corrected chi connectivity index (χ0v) is 16.1. The van der Waals surface area contributed by atoms with Gasteiger partial charge in [0.05, 0.1) is 23.2 Å².